The molecule has 2 heterocycles. The zero-order chi connectivity index (χ0) is 10.5. The molecule has 1 N–H and O–H groups in total. The molecule has 1 aliphatic rings. The molecule has 1 aromatic heterocycles. The standard InChI is InChI=1S/C10H18N4O/c1-11-6-9-2-4-14(5-3-9)7-10-12-8-13-15-10/h8-9,11H,2-7H2,1H3. The van der Waals surface area contributed by atoms with Gasteiger partial charge in [0.15, 0.2) is 6.33 Å². The van der Waals surface area contributed by atoms with Crippen molar-refractivity contribution in [3.05, 3.63) is 12.2 Å². The van der Waals surface area contributed by atoms with Gasteiger partial charge in [-0.05, 0) is 45.4 Å². The molecule has 1 fully saturated rings. The molecule has 0 radical (unpaired) electrons. The second kappa shape index (κ2) is 5.23. The van der Waals surface area contributed by atoms with Crippen molar-refractivity contribution in [2.45, 2.75) is 19.4 Å². The molecule has 0 bridgehead atoms. The fraction of sp³-hybridized carbons (Fsp3) is 0.800. The molecule has 5 nitrogen and oxygen atoms in total. The first-order valence-corrected chi connectivity index (χ1v) is 5.51. The fourth-order valence-corrected chi connectivity index (χ4v) is 2.09. The highest BCUT2D eigenvalue weighted by atomic mass is 16.5. The summed E-state index contributed by atoms with van der Waals surface area (Å²) in [6, 6.07) is 0. The van der Waals surface area contributed by atoms with Crippen molar-refractivity contribution in [1.29, 1.82) is 0 Å². The van der Waals surface area contributed by atoms with E-state index in [1.807, 2.05) is 7.05 Å². The van der Waals surface area contributed by atoms with E-state index in [1.165, 1.54) is 19.2 Å². The maximum atomic E-state index is 5.00. The van der Waals surface area contributed by atoms with Gasteiger partial charge in [0.25, 0.3) is 0 Å². The van der Waals surface area contributed by atoms with E-state index in [-0.39, 0.29) is 0 Å². The fourth-order valence-electron chi connectivity index (χ4n) is 2.09. The normalized spacial score (nSPS) is 19.5. The zero-order valence-corrected chi connectivity index (χ0v) is 9.15. The first-order valence-electron chi connectivity index (χ1n) is 5.51. The molecular weight excluding hydrogens is 192 g/mol. The lowest BCUT2D eigenvalue weighted by molar-refractivity contribution is 0.158. The first kappa shape index (κ1) is 10.6. The lowest BCUT2D eigenvalue weighted by Gasteiger charge is -2.30. The summed E-state index contributed by atoms with van der Waals surface area (Å²) < 4.78 is 5.00. The van der Waals surface area contributed by atoms with Crippen molar-refractivity contribution in [3.63, 3.8) is 0 Å². The molecule has 0 unspecified atom stereocenters. The third-order valence-corrected chi connectivity index (χ3v) is 2.97. The molecule has 0 amide bonds. The van der Waals surface area contributed by atoms with Gasteiger partial charge < -0.3 is 9.84 Å². The highest BCUT2D eigenvalue weighted by Gasteiger charge is 2.19. The Kier molecular flexibility index (Phi) is 3.69. The van der Waals surface area contributed by atoms with Crippen molar-refractivity contribution in [3.8, 4) is 0 Å². The molecule has 15 heavy (non-hydrogen) atoms. The minimum Gasteiger partial charge on any atom is -0.338 e. The van der Waals surface area contributed by atoms with Gasteiger partial charge in [-0.3, -0.25) is 4.90 Å². The van der Waals surface area contributed by atoms with Crippen LogP contribution in [0, 0.1) is 5.92 Å². The van der Waals surface area contributed by atoms with Crippen LogP contribution in [0.3, 0.4) is 0 Å². The van der Waals surface area contributed by atoms with E-state index in [0.29, 0.717) is 0 Å². The van der Waals surface area contributed by atoms with Crippen molar-refractivity contribution in [2.75, 3.05) is 26.7 Å². The number of rotatable bonds is 4. The highest BCUT2D eigenvalue weighted by Crippen LogP contribution is 2.17. The lowest BCUT2D eigenvalue weighted by Crippen LogP contribution is -2.36. The minimum absolute atomic E-state index is 0.724. The molecule has 84 valence electrons. The van der Waals surface area contributed by atoms with Crippen LogP contribution >= 0.6 is 0 Å². The summed E-state index contributed by atoms with van der Waals surface area (Å²) in [5.74, 6) is 1.55. The monoisotopic (exact) mass is 210 g/mol. The van der Waals surface area contributed by atoms with E-state index in [0.717, 1.165) is 38.0 Å². The van der Waals surface area contributed by atoms with Gasteiger partial charge in [-0.25, -0.2) is 0 Å². The van der Waals surface area contributed by atoms with Crippen LogP contribution in [0.15, 0.2) is 10.9 Å². The third kappa shape index (κ3) is 3.00. The van der Waals surface area contributed by atoms with Crippen LogP contribution in [-0.2, 0) is 6.54 Å². The largest absolute Gasteiger partial charge is 0.338 e. The van der Waals surface area contributed by atoms with Crippen LogP contribution in [0.1, 0.15) is 18.7 Å². The van der Waals surface area contributed by atoms with E-state index in [1.54, 1.807) is 0 Å². The van der Waals surface area contributed by atoms with Gasteiger partial charge in [0.2, 0.25) is 5.89 Å². The lowest BCUT2D eigenvalue weighted by atomic mass is 9.97. The Bertz CT molecular complexity index is 267. The van der Waals surface area contributed by atoms with E-state index in [2.05, 4.69) is 20.4 Å². The summed E-state index contributed by atoms with van der Waals surface area (Å²) >= 11 is 0. The number of likely N-dealkylation sites (tertiary alicyclic amines) is 1. The van der Waals surface area contributed by atoms with Crippen LogP contribution in [0.4, 0.5) is 0 Å². The van der Waals surface area contributed by atoms with Gasteiger partial charge >= 0.3 is 0 Å². The molecule has 1 saturated heterocycles. The van der Waals surface area contributed by atoms with Crippen molar-refractivity contribution in [1.82, 2.24) is 20.4 Å². The number of nitrogens with zero attached hydrogens (tertiary/aromatic N) is 3. The molecule has 0 spiro atoms. The van der Waals surface area contributed by atoms with Crippen LogP contribution in [0.25, 0.3) is 0 Å². The van der Waals surface area contributed by atoms with Gasteiger partial charge in [-0.1, -0.05) is 5.16 Å². The maximum Gasteiger partial charge on any atom is 0.240 e. The predicted octanol–water partition coefficient (Wildman–Crippen LogP) is 0.501. The maximum absolute atomic E-state index is 5.00. The number of piperidine rings is 1. The predicted molar refractivity (Wildman–Crippen MR) is 56.2 cm³/mol. The molecule has 1 aliphatic heterocycles. The second-order valence-electron chi connectivity index (χ2n) is 4.11. The minimum atomic E-state index is 0.724. The molecular formula is C10H18N4O. The number of hydrogen-bond acceptors (Lipinski definition) is 5. The SMILES string of the molecule is CNCC1CCN(Cc2ncno2)CC1. The number of aromatic nitrogens is 2. The second-order valence-corrected chi connectivity index (χ2v) is 4.11. The molecule has 0 saturated carbocycles. The van der Waals surface area contributed by atoms with Crippen LogP contribution in [0.5, 0.6) is 0 Å². The Labute approximate surface area is 89.8 Å². The average molecular weight is 210 g/mol. The van der Waals surface area contributed by atoms with Gasteiger partial charge in [-0.15, -0.1) is 0 Å². The topological polar surface area (TPSA) is 54.2 Å². The van der Waals surface area contributed by atoms with Crippen LogP contribution < -0.4 is 5.32 Å². The summed E-state index contributed by atoms with van der Waals surface area (Å²) in [5, 5.41) is 6.85. The average Bonchev–Trinajstić information content (AvgIpc) is 2.74. The molecule has 0 aromatic carbocycles. The van der Waals surface area contributed by atoms with Gasteiger partial charge in [-0.2, -0.15) is 4.98 Å². The molecule has 0 aliphatic carbocycles. The van der Waals surface area contributed by atoms with E-state index >= 15 is 0 Å². The molecule has 0 atom stereocenters. The Morgan fingerprint density at radius 2 is 2.33 bits per heavy atom. The Balaban J connectivity index is 1.74. The van der Waals surface area contributed by atoms with Crippen LogP contribution in [-0.4, -0.2) is 41.7 Å². The van der Waals surface area contributed by atoms with Crippen molar-refractivity contribution < 1.29 is 4.52 Å². The van der Waals surface area contributed by atoms with Gasteiger partial charge in [0, 0.05) is 0 Å². The van der Waals surface area contributed by atoms with E-state index in [9.17, 15) is 0 Å². The van der Waals surface area contributed by atoms with Gasteiger partial charge in [0.05, 0.1) is 6.54 Å². The van der Waals surface area contributed by atoms with E-state index in [4.69, 9.17) is 4.52 Å². The summed E-state index contributed by atoms with van der Waals surface area (Å²) in [4.78, 5) is 6.41. The molecule has 5 heteroatoms. The van der Waals surface area contributed by atoms with Crippen molar-refractivity contribution >= 4 is 0 Å². The quantitative estimate of drug-likeness (QED) is 0.784. The third-order valence-electron chi connectivity index (χ3n) is 2.97. The van der Waals surface area contributed by atoms with E-state index < -0.39 is 0 Å². The zero-order valence-electron chi connectivity index (χ0n) is 9.15. The number of nitrogens with one attached hydrogen (secondary N) is 1. The summed E-state index contributed by atoms with van der Waals surface area (Å²) in [5.41, 5.74) is 0. The Morgan fingerprint density at radius 3 is 2.93 bits per heavy atom. The molecule has 1 aromatic rings. The smallest absolute Gasteiger partial charge is 0.240 e. The summed E-state index contributed by atoms with van der Waals surface area (Å²) in [6.45, 7) is 4.20. The van der Waals surface area contributed by atoms with Crippen LogP contribution in [0.2, 0.25) is 0 Å². The summed E-state index contributed by atoms with van der Waals surface area (Å²) in [7, 11) is 2.02. The Hall–Kier alpha value is -0.940. The summed E-state index contributed by atoms with van der Waals surface area (Å²) in [6.07, 6.45) is 3.98. The first-order chi connectivity index (χ1) is 7.38. The van der Waals surface area contributed by atoms with Gasteiger partial charge in [0.1, 0.15) is 0 Å². The van der Waals surface area contributed by atoms with Crippen molar-refractivity contribution in [2.24, 2.45) is 5.92 Å². The highest BCUT2D eigenvalue weighted by molar-refractivity contribution is 4.79. The Morgan fingerprint density at radius 1 is 1.53 bits per heavy atom. The number of hydrogen-bond donors (Lipinski definition) is 1. The molecule has 2 rings (SSSR count).